The Morgan fingerprint density at radius 3 is 2.48 bits per heavy atom. The van der Waals surface area contributed by atoms with Gasteiger partial charge in [0.25, 0.3) is 0 Å². The van der Waals surface area contributed by atoms with Crippen LogP contribution >= 0.6 is 45.2 Å². The van der Waals surface area contributed by atoms with Crippen LogP contribution < -0.4 is 5.43 Å². The first-order valence-corrected chi connectivity index (χ1v) is 8.22. The molecule has 0 saturated heterocycles. The van der Waals surface area contributed by atoms with Crippen LogP contribution in [0.1, 0.15) is 21.5 Å². The largest absolute Gasteiger partial charge is 0.478 e. The van der Waals surface area contributed by atoms with Gasteiger partial charge in [-0.3, -0.25) is 5.43 Å². The van der Waals surface area contributed by atoms with Gasteiger partial charge in [-0.2, -0.15) is 5.10 Å². The fraction of sp³-hybridized carbons (Fsp3) is 0.0667. The van der Waals surface area contributed by atoms with E-state index < -0.39 is 5.97 Å². The highest BCUT2D eigenvalue weighted by Crippen LogP contribution is 2.20. The van der Waals surface area contributed by atoms with E-state index in [9.17, 15) is 4.79 Å². The van der Waals surface area contributed by atoms with Crippen molar-refractivity contribution in [2.45, 2.75) is 6.92 Å². The number of hydrogen-bond acceptors (Lipinski definition) is 3. The van der Waals surface area contributed by atoms with Crippen molar-refractivity contribution in [1.29, 1.82) is 0 Å². The minimum absolute atomic E-state index is 0.197. The second kappa shape index (κ2) is 7.21. The number of rotatable bonds is 4. The van der Waals surface area contributed by atoms with Gasteiger partial charge in [-0.25, -0.2) is 4.79 Å². The van der Waals surface area contributed by atoms with Crippen molar-refractivity contribution in [3.05, 3.63) is 60.2 Å². The second-order valence-corrected chi connectivity index (χ2v) is 6.65. The molecule has 6 heteroatoms. The van der Waals surface area contributed by atoms with E-state index in [2.05, 4.69) is 62.6 Å². The number of hydrogen-bond donors (Lipinski definition) is 2. The predicted octanol–water partition coefficient (Wildman–Crippen LogP) is 4.35. The van der Waals surface area contributed by atoms with Gasteiger partial charge in [0.15, 0.2) is 0 Å². The third-order valence-electron chi connectivity index (χ3n) is 2.86. The van der Waals surface area contributed by atoms with Gasteiger partial charge in [-0.15, -0.1) is 0 Å². The Morgan fingerprint density at radius 2 is 1.86 bits per heavy atom. The topological polar surface area (TPSA) is 61.7 Å². The molecule has 4 nitrogen and oxygen atoms in total. The lowest BCUT2D eigenvalue weighted by Crippen LogP contribution is -2.02. The van der Waals surface area contributed by atoms with Gasteiger partial charge in [0.2, 0.25) is 0 Å². The van der Waals surface area contributed by atoms with Crippen molar-refractivity contribution in [3.63, 3.8) is 0 Å². The fourth-order valence-corrected chi connectivity index (χ4v) is 3.50. The number of nitrogens with one attached hydrogen (secondary N) is 1. The molecule has 0 saturated carbocycles. The highest BCUT2D eigenvalue weighted by atomic mass is 127. The third kappa shape index (κ3) is 4.16. The van der Waals surface area contributed by atoms with Crippen LogP contribution in [0.2, 0.25) is 0 Å². The number of aromatic carboxylic acids is 1. The molecule has 2 N–H and O–H groups in total. The van der Waals surface area contributed by atoms with Crippen LogP contribution in [0.5, 0.6) is 0 Å². The molecule has 0 atom stereocenters. The van der Waals surface area contributed by atoms with Crippen molar-refractivity contribution in [3.8, 4) is 0 Å². The Labute approximate surface area is 149 Å². The molecule has 108 valence electrons. The lowest BCUT2D eigenvalue weighted by Gasteiger charge is -2.05. The first-order valence-electron chi connectivity index (χ1n) is 6.06. The lowest BCUT2D eigenvalue weighted by atomic mass is 10.2. The maximum atomic E-state index is 11.1. The average Bonchev–Trinajstić information content (AvgIpc) is 2.45. The third-order valence-corrected chi connectivity index (χ3v) is 5.10. The molecule has 21 heavy (non-hydrogen) atoms. The molecule has 0 aliphatic heterocycles. The first kappa shape index (κ1) is 16.2. The molecule has 0 spiro atoms. The van der Waals surface area contributed by atoms with Gasteiger partial charge < -0.3 is 5.11 Å². The summed E-state index contributed by atoms with van der Waals surface area (Å²) in [5.74, 6) is -0.979. The summed E-state index contributed by atoms with van der Waals surface area (Å²) in [6.45, 7) is 2.08. The van der Waals surface area contributed by atoms with Gasteiger partial charge in [0.05, 0.1) is 17.5 Å². The zero-order valence-corrected chi connectivity index (χ0v) is 15.4. The molecule has 0 fully saturated rings. The van der Waals surface area contributed by atoms with E-state index in [1.807, 2.05) is 12.1 Å². The number of carboxylic acids is 1. The van der Waals surface area contributed by atoms with Crippen LogP contribution in [0.4, 0.5) is 5.69 Å². The van der Waals surface area contributed by atoms with E-state index in [0.717, 1.165) is 5.56 Å². The molecule has 0 unspecified atom stereocenters. The second-order valence-electron chi connectivity index (χ2n) is 4.33. The average molecular weight is 506 g/mol. The molecule has 0 aliphatic rings. The summed E-state index contributed by atoms with van der Waals surface area (Å²) in [6.07, 6.45) is 1.68. The van der Waals surface area contributed by atoms with E-state index in [-0.39, 0.29) is 5.56 Å². The van der Waals surface area contributed by atoms with E-state index in [1.54, 1.807) is 24.4 Å². The Bertz CT molecular complexity index is 692. The number of halogens is 2. The van der Waals surface area contributed by atoms with Crippen molar-refractivity contribution in [1.82, 2.24) is 0 Å². The highest BCUT2D eigenvalue weighted by molar-refractivity contribution is 14.1. The molecule has 0 heterocycles. The number of para-hydroxylation sites is 1. The van der Waals surface area contributed by atoms with E-state index in [0.29, 0.717) is 5.69 Å². The van der Waals surface area contributed by atoms with Crippen LogP contribution in [0.15, 0.2) is 41.5 Å². The minimum atomic E-state index is -0.979. The molecule has 2 aromatic rings. The van der Waals surface area contributed by atoms with Gasteiger partial charge in [0.1, 0.15) is 0 Å². The number of hydrazone groups is 1. The SMILES string of the molecule is Cc1c(I)cc(/C=N\Nc2ccccc2C(=O)O)cc1I. The normalized spacial score (nSPS) is 10.8. The van der Waals surface area contributed by atoms with Crippen molar-refractivity contribution < 1.29 is 9.90 Å². The lowest BCUT2D eigenvalue weighted by molar-refractivity contribution is 0.0698. The molecule has 0 aliphatic carbocycles. The molecular weight excluding hydrogens is 494 g/mol. The predicted molar refractivity (Wildman–Crippen MR) is 101 cm³/mol. The highest BCUT2D eigenvalue weighted by Gasteiger charge is 2.07. The Hall–Kier alpha value is -1.16. The molecule has 2 rings (SSSR count). The molecule has 0 bridgehead atoms. The zero-order chi connectivity index (χ0) is 15.4. The summed E-state index contributed by atoms with van der Waals surface area (Å²) in [6, 6.07) is 10.7. The van der Waals surface area contributed by atoms with E-state index in [1.165, 1.54) is 18.8 Å². The van der Waals surface area contributed by atoms with Crippen LogP contribution in [0.25, 0.3) is 0 Å². The van der Waals surface area contributed by atoms with Crippen LogP contribution in [-0.4, -0.2) is 17.3 Å². The van der Waals surface area contributed by atoms with Crippen molar-refractivity contribution in [2.75, 3.05) is 5.43 Å². The van der Waals surface area contributed by atoms with Gasteiger partial charge in [-0.05, 0) is 87.5 Å². The maximum Gasteiger partial charge on any atom is 0.337 e. The first-order chi connectivity index (χ1) is 9.99. The quantitative estimate of drug-likeness (QED) is 0.369. The summed E-state index contributed by atoms with van der Waals surface area (Å²) in [7, 11) is 0. The molecule has 0 radical (unpaired) electrons. The summed E-state index contributed by atoms with van der Waals surface area (Å²) in [5.41, 5.74) is 5.66. The number of carbonyl (C=O) groups is 1. The Kier molecular flexibility index (Phi) is 5.57. The maximum absolute atomic E-state index is 11.1. The Balaban J connectivity index is 2.19. The van der Waals surface area contributed by atoms with Gasteiger partial charge in [0, 0.05) is 7.14 Å². The fourth-order valence-electron chi connectivity index (χ4n) is 1.68. The molecule has 0 aromatic heterocycles. The van der Waals surface area contributed by atoms with Crippen molar-refractivity contribution in [2.24, 2.45) is 5.10 Å². The van der Waals surface area contributed by atoms with E-state index >= 15 is 0 Å². The van der Waals surface area contributed by atoms with E-state index in [4.69, 9.17) is 5.11 Å². The number of benzene rings is 2. The van der Waals surface area contributed by atoms with Crippen molar-refractivity contribution >= 4 is 63.1 Å². The monoisotopic (exact) mass is 506 g/mol. The summed E-state index contributed by atoms with van der Waals surface area (Å²) < 4.78 is 2.35. The number of carboxylic acid groups (broad SMARTS) is 1. The summed E-state index contributed by atoms with van der Waals surface area (Å²) in [4.78, 5) is 11.1. The Morgan fingerprint density at radius 1 is 1.24 bits per heavy atom. The van der Waals surface area contributed by atoms with Crippen LogP contribution in [-0.2, 0) is 0 Å². The summed E-state index contributed by atoms with van der Waals surface area (Å²) >= 11 is 4.58. The molecule has 2 aromatic carbocycles. The zero-order valence-electron chi connectivity index (χ0n) is 11.1. The minimum Gasteiger partial charge on any atom is -0.478 e. The van der Waals surface area contributed by atoms with Crippen LogP contribution in [0, 0.1) is 14.1 Å². The number of anilines is 1. The molecule has 0 amide bonds. The van der Waals surface area contributed by atoms with Gasteiger partial charge in [-0.1, -0.05) is 12.1 Å². The number of nitrogens with zero attached hydrogens (tertiary/aromatic N) is 1. The standard InChI is InChI=1S/C15H12I2N2O2/c1-9-12(16)6-10(7-13(9)17)8-18-19-14-5-3-2-4-11(14)15(20)21/h2-8,19H,1H3,(H,20,21)/b18-8-. The van der Waals surface area contributed by atoms with Crippen LogP contribution in [0.3, 0.4) is 0 Å². The summed E-state index contributed by atoms with van der Waals surface area (Å²) in [5, 5.41) is 13.2. The smallest absolute Gasteiger partial charge is 0.337 e. The van der Waals surface area contributed by atoms with Gasteiger partial charge >= 0.3 is 5.97 Å². The molecular formula is C15H12I2N2O2.